The number of urea groups is 1. The van der Waals surface area contributed by atoms with Crippen LogP contribution in [0, 0.1) is 5.82 Å². The molecule has 124 valence electrons. The van der Waals surface area contributed by atoms with E-state index in [2.05, 4.69) is 10.6 Å². The fourth-order valence-corrected chi connectivity index (χ4v) is 2.67. The highest BCUT2D eigenvalue weighted by molar-refractivity contribution is 6.01. The fraction of sp³-hybridized carbons (Fsp3) is 0.222. The Morgan fingerprint density at radius 3 is 2.54 bits per heavy atom. The number of para-hydroxylation sites is 1. The van der Waals surface area contributed by atoms with Crippen molar-refractivity contribution in [2.24, 2.45) is 0 Å². The molecule has 0 spiro atoms. The van der Waals surface area contributed by atoms with Crippen LogP contribution < -0.4 is 15.5 Å². The maximum Gasteiger partial charge on any atom is 0.315 e. The topological polar surface area (TPSA) is 61.4 Å². The van der Waals surface area contributed by atoms with Crippen LogP contribution in [-0.4, -0.2) is 24.5 Å². The highest BCUT2D eigenvalue weighted by Crippen LogP contribution is 2.20. The Morgan fingerprint density at radius 1 is 1.12 bits per heavy atom. The summed E-state index contributed by atoms with van der Waals surface area (Å²) < 4.78 is 12.8. The minimum Gasteiger partial charge on any atom is -0.334 e. The molecule has 6 heteroatoms. The number of nitrogens with zero attached hydrogens (tertiary/aromatic N) is 1. The minimum absolute atomic E-state index is 0.113. The summed E-state index contributed by atoms with van der Waals surface area (Å²) in [5.74, 6) is -0.432. The molecule has 0 aliphatic carbocycles. The van der Waals surface area contributed by atoms with Crippen LogP contribution in [0.5, 0.6) is 0 Å². The van der Waals surface area contributed by atoms with Crippen LogP contribution in [0.3, 0.4) is 0 Å². The van der Waals surface area contributed by atoms with Gasteiger partial charge in [-0.3, -0.25) is 4.79 Å². The SMILES string of the molecule is O=C(NCc1ccc(F)cc1)N[C@H]1CCN(c2ccccc2)C1=O. The first-order valence-corrected chi connectivity index (χ1v) is 7.79. The molecule has 1 aliphatic rings. The van der Waals surface area contributed by atoms with E-state index in [0.717, 1.165) is 11.3 Å². The molecule has 0 radical (unpaired) electrons. The highest BCUT2D eigenvalue weighted by Gasteiger charge is 2.33. The second-order valence-corrected chi connectivity index (χ2v) is 5.62. The molecule has 3 rings (SSSR count). The summed E-state index contributed by atoms with van der Waals surface area (Å²) in [5, 5.41) is 5.37. The molecule has 2 aromatic rings. The van der Waals surface area contributed by atoms with Crippen molar-refractivity contribution >= 4 is 17.6 Å². The van der Waals surface area contributed by atoms with E-state index in [1.165, 1.54) is 12.1 Å². The van der Waals surface area contributed by atoms with E-state index in [1.807, 2.05) is 30.3 Å². The van der Waals surface area contributed by atoms with Gasteiger partial charge in [-0.05, 0) is 36.2 Å². The van der Waals surface area contributed by atoms with Gasteiger partial charge in [-0.1, -0.05) is 30.3 Å². The zero-order chi connectivity index (χ0) is 16.9. The third-order valence-electron chi connectivity index (χ3n) is 3.95. The highest BCUT2D eigenvalue weighted by atomic mass is 19.1. The maximum atomic E-state index is 12.8. The van der Waals surface area contributed by atoms with Crippen LogP contribution in [0.2, 0.25) is 0 Å². The average Bonchev–Trinajstić information content (AvgIpc) is 2.96. The molecule has 1 fully saturated rings. The first-order chi connectivity index (χ1) is 11.6. The number of anilines is 1. The molecule has 1 heterocycles. The summed E-state index contributed by atoms with van der Waals surface area (Å²) >= 11 is 0. The van der Waals surface area contributed by atoms with Crippen LogP contribution >= 0.6 is 0 Å². The van der Waals surface area contributed by atoms with Gasteiger partial charge in [-0.2, -0.15) is 0 Å². The van der Waals surface area contributed by atoms with Crippen molar-refractivity contribution in [3.05, 3.63) is 66.0 Å². The molecule has 2 aromatic carbocycles. The van der Waals surface area contributed by atoms with E-state index in [0.29, 0.717) is 13.0 Å². The van der Waals surface area contributed by atoms with Crippen LogP contribution in [0.1, 0.15) is 12.0 Å². The number of benzene rings is 2. The van der Waals surface area contributed by atoms with E-state index in [9.17, 15) is 14.0 Å². The van der Waals surface area contributed by atoms with Gasteiger partial charge in [0.1, 0.15) is 11.9 Å². The molecule has 5 nitrogen and oxygen atoms in total. The number of hydrogen-bond donors (Lipinski definition) is 2. The Labute approximate surface area is 139 Å². The number of amides is 3. The van der Waals surface area contributed by atoms with Crippen LogP contribution in [0.15, 0.2) is 54.6 Å². The number of carbonyl (C=O) groups is 2. The second kappa shape index (κ2) is 7.12. The van der Waals surface area contributed by atoms with Gasteiger partial charge in [-0.25, -0.2) is 9.18 Å². The van der Waals surface area contributed by atoms with Crippen molar-refractivity contribution < 1.29 is 14.0 Å². The summed E-state index contributed by atoms with van der Waals surface area (Å²) in [6.07, 6.45) is 0.567. The molecule has 1 aliphatic heterocycles. The van der Waals surface area contributed by atoms with Crippen molar-refractivity contribution in [3.8, 4) is 0 Å². The summed E-state index contributed by atoms with van der Waals surface area (Å²) in [5.41, 5.74) is 1.62. The van der Waals surface area contributed by atoms with E-state index in [-0.39, 0.29) is 18.3 Å². The summed E-state index contributed by atoms with van der Waals surface area (Å²) in [6.45, 7) is 0.848. The fourth-order valence-electron chi connectivity index (χ4n) is 2.67. The molecule has 3 amide bonds. The van der Waals surface area contributed by atoms with Gasteiger partial charge in [0.25, 0.3) is 0 Å². The lowest BCUT2D eigenvalue weighted by atomic mass is 10.2. The molecule has 0 bridgehead atoms. The molecule has 0 aromatic heterocycles. The number of nitrogens with one attached hydrogen (secondary N) is 2. The third kappa shape index (κ3) is 3.71. The van der Waals surface area contributed by atoms with E-state index < -0.39 is 12.1 Å². The van der Waals surface area contributed by atoms with Gasteiger partial charge < -0.3 is 15.5 Å². The second-order valence-electron chi connectivity index (χ2n) is 5.62. The van der Waals surface area contributed by atoms with Crippen LogP contribution in [0.25, 0.3) is 0 Å². The van der Waals surface area contributed by atoms with Gasteiger partial charge in [0.2, 0.25) is 5.91 Å². The molecule has 1 atom stereocenters. The summed E-state index contributed by atoms with van der Waals surface area (Å²) in [4.78, 5) is 26.0. The lowest BCUT2D eigenvalue weighted by molar-refractivity contribution is -0.118. The number of rotatable bonds is 4. The standard InChI is InChI=1S/C18H18FN3O2/c19-14-8-6-13(7-9-14)12-20-18(24)21-16-10-11-22(17(16)23)15-4-2-1-3-5-15/h1-9,16H,10-12H2,(H2,20,21,24)/t16-/m0/s1. The van der Waals surface area contributed by atoms with Crippen LogP contribution in [-0.2, 0) is 11.3 Å². The molecular formula is C18H18FN3O2. The quantitative estimate of drug-likeness (QED) is 0.906. The largest absolute Gasteiger partial charge is 0.334 e. The normalized spacial score (nSPS) is 17.0. The third-order valence-corrected chi connectivity index (χ3v) is 3.95. The van der Waals surface area contributed by atoms with Gasteiger partial charge in [0.05, 0.1) is 0 Å². The Morgan fingerprint density at radius 2 is 1.83 bits per heavy atom. The maximum absolute atomic E-state index is 12.8. The summed E-state index contributed by atoms with van der Waals surface area (Å²) in [6, 6.07) is 14.3. The lowest BCUT2D eigenvalue weighted by Gasteiger charge is -2.17. The van der Waals surface area contributed by atoms with Crippen molar-refractivity contribution in [2.45, 2.75) is 19.0 Å². The predicted molar refractivity (Wildman–Crippen MR) is 89.0 cm³/mol. The lowest BCUT2D eigenvalue weighted by Crippen LogP contribution is -2.45. The van der Waals surface area contributed by atoms with E-state index in [1.54, 1.807) is 17.0 Å². The Hall–Kier alpha value is -2.89. The number of hydrogen-bond acceptors (Lipinski definition) is 2. The summed E-state index contributed by atoms with van der Waals surface area (Å²) in [7, 11) is 0. The number of halogens is 1. The van der Waals surface area contributed by atoms with Gasteiger partial charge in [-0.15, -0.1) is 0 Å². The molecule has 1 saturated heterocycles. The van der Waals surface area contributed by atoms with Crippen molar-refractivity contribution in [1.82, 2.24) is 10.6 Å². The minimum atomic E-state index is -0.529. The Bertz CT molecular complexity index is 719. The van der Waals surface area contributed by atoms with Gasteiger partial charge in [0, 0.05) is 18.8 Å². The van der Waals surface area contributed by atoms with Crippen LogP contribution in [0.4, 0.5) is 14.9 Å². The van der Waals surface area contributed by atoms with Gasteiger partial charge >= 0.3 is 6.03 Å². The molecular weight excluding hydrogens is 309 g/mol. The monoisotopic (exact) mass is 327 g/mol. The van der Waals surface area contributed by atoms with E-state index >= 15 is 0 Å². The molecule has 2 N–H and O–H groups in total. The Kier molecular flexibility index (Phi) is 4.74. The van der Waals surface area contributed by atoms with Gasteiger partial charge in [0.15, 0.2) is 0 Å². The average molecular weight is 327 g/mol. The molecule has 24 heavy (non-hydrogen) atoms. The smallest absolute Gasteiger partial charge is 0.315 e. The van der Waals surface area contributed by atoms with E-state index in [4.69, 9.17) is 0 Å². The molecule has 0 unspecified atom stereocenters. The number of carbonyl (C=O) groups excluding carboxylic acids is 2. The zero-order valence-corrected chi connectivity index (χ0v) is 13.0. The Balaban J connectivity index is 1.52. The first-order valence-electron chi connectivity index (χ1n) is 7.79. The van der Waals surface area contributed by atoms with Crippen molar-refractivity contribution in [2.75, 3.05) is 11.4 Å². The zero-order valence-electron chi connectivity index (χ0n) is 13.0. The van der Waals surface area contributed by atoms with Crippen molar-refractivity contribution in [1.29, 1.82) is 0 Å². The predicted octanol–water partition coefficient (Wildman–Crippen LogP) is 2.43. The molecule has 0 saturated carbocycles. The first kappa shape index (κ1) is 16.0. The van der Waals surface area contributed by atoms with Crippen molar-refractivity contribution in [3.63, 3.8) is 0 Å².